The Balaban J connectivity index is 4.55. The minimum atomic E-state index is -4.61. The van der Waals surface area contributed by atoms with Gasteiger partial charge in [-0.25, -0.2) is 0 Å². The van der Waals surface area contributed by atoms with E-state index >= 15 is 0 Å². The van der Waals surface area contributed by atoms with Crippen LogP contribution in [0.3, 0.4) is 0 Å². The quantitative estimate of drug-likeness (QED) is 0.0276. The van der Waals surface area contributed by atoms with Crippen LogP contribution in [-0.4, -0.2) is 68.5 Å². The molecule has 334 valence electrons. The van der Waals surface area contributed by atoms with Gasteiger partial charge in [-0.3, -0.25) is 9.36 Å². The maximum absolute atomic E-state index is 12.9. The molecule has 58 heavy (non-hydrogen) atoms. The number of phosphoric acid groups is 1. The van der Waals surface area contributed by atoms with Gasteiger partial charge in [0.05, 0.1) is 39.9 Å². The molecule has 0 radical (unpaired) electrons. The van der Waals surface area contributed by atoms with Gasteiger partial charge in [0.25, 0.3) is 7.82 Å². The Kier molecular flexibility index (Phi) is 38.5. The molecule has 0 fully saturated rings. The van der Waals surface area contributed by atoms with Crippen LogP contribution in [0.5, 0.6) is 0 Å². The van der Waals surface area contributed by atoms with Gasteiger partial charge in [-0.2, -0.15) is 0 Å². The number of nitrogens with one attached hydrogen (secondary N) is 1. The fraction of sp³-hybridized carbons (Fsp3) is 0.694. The Morgan fingerprint density at radius 3 is 1.60 bits per heavy atom. The number of allylic oxidation sites excluding steroid dienone is 13. The number of amides is 1. The number of hydrogen-bond acceptors (Lipinski definition) is 6. The molecular formula is C49H87N2O6P. The number of nitrogens with zero attached hydrogens (tertiary/aromatic N) is 1. The average molecular weight is 831 g/mol. The zero-order valence-corrected chi connectivity index (χ0v) is 38.6. The minimum Gasteiger partial charge on any atom is -0.756 e. The van der Waals surface area contributed by atoms with Crippen LogP contribution in [0.2, 0.25) is 0 Å². The molecule has 0 saturated heterocycles. The number of phosphoric ester groups is 1. The van der Waals surface area contributed by atoms with E-state index in [2.05, 4.69) is 92.1 Å². The van der Waals surface area contributed by atoms with Gasteiger partial charge < -0.3 is 28.8 Å². The van der Waals surface area contributed by atoms with Crippen LogP contribution in [0, 0.1) is 0 Å². The standard InChI is InChI=1S/C49H87N2O6P/c1-6-8-10-12-14-16-18-20-22-24-25-27-28-30-32-34-36-38-40-42-48(52)47(46-57-58(54,55)56-45-44-51(3,4)5)50-49(53)43-41-39-37-35-33-31-29-26-23-21-19-17-15-13-11-9-7-2/h9,11,15,17,21,23,25,27,29,31-32,34,40,42,47-48,52H,6-8,10,12-14,16,18-20,22,24,26,28,30,33,35-39,41,43-46H2,1-5H3,(H-,50,53,54,55)/b11-9-,17-15-,23-21-,27-25+,31-29-,34-32+,42-40+. The van der Waals surface area contributed by atoms with E-state index in [0.29, 0.717) is 17.4 Å². The Morgan fingerprint density at radius 1 is 0.621 bits per heavy atom. The molecule has 0 heterocycles. The SMILES string of the molecule is CC/C=C\C/C=C\C/C=C\C/C=C\CCCCCCC(=O)NC(COP(=O)([O-])OCC[N+](C)(C)C)C(O)/C=C/CC/C=C/CC/C=C/CCCCCCCCCCC. The van der Waals surface area contributed by atoms with E-state index < -0.39 is 26.6 Å². The summed E-state index contributed by atoms with van der Waals surface area (Å²) in [5.41, 5.74) is 0. The molecule has 2 N–H and O–H groups in total. The summed E-state index contributed by atoms with van der Waals surface area (Å²) in [5.74, 6) is -0.239. The number of likely N-dealkylation sites (N-methyl/N-ethyl adjacent to an activating group) is 1. The smallest absolute Gasteiger partial charge is 0.268 e. The Bertz CT molecular complexity index is 1220. The van der Waals surface area contributed by atoms with Gasteiger partial charge in [0.15, 0.2) is 0 Å². The van der Waals surface area contributed by atoms with Crippen molar-refractivity contribution in [3.8, 4) is 0 Å². The molecule has 3 unspecified atom stereocenters. The molecule has 0 aliphatic rings. The second-order valence-corrected chi connectivity index (χ2v) is 17.8. The predicted molar refractivity (Wildman–Crippen MR) is 246 cm³/mol. The van der Waals surface area contributed by atoms with Crippen molar-refractivity contribution in [2.45, 2.75) is 180 Å². The summed E-state index contributed by atoms with van der Waals surface area (Å²) in [4.78, 5) is 25.3. The molecule has 3 atom stereocenters. The van der Waals surface area contributed by atoms with E-state index in [9.17, 15) is 19.4 Å². The van der Waals surface area contributed by atoms with E-state index in [4.69, 9.17) is 9.05 Å². The number of aliphatic hydroxyl groups is 1. The molecule has 0 aromatic carbocycles. The molecule has 8 nitrogen and oxygen atoms in total. The minimum absolute atomic E-state index is 0.0186. The number of quaternary nitrogens is 1. The first-order valence-electron chi connectivity index (χ1n) is 22.9. The van der Waals surface area contributed by atoms with E-state index in [-0.39, 0.29) is 12.5 Å². The number of unbranched alkanes of at least 4 members (excludes halogenated alkanes) is 15. The number of aliphatic hydroxyl groups excluding tert-OH is 1. The Labute approximate surface area is 356 Å². The molecule has 0 aliphatic carbocycles. The molecule has 0 aromatic rings. The lowest BCUT2D eigenvalue weighted by Crippen LogP contribution is -2.45. The summed E-state index contributed by atoms with van der Waals surface area (Å²) in [7, 11) is 1.20. The summed E-state index contributed by atoms with van der Waals surface area (Å²) < 4.78 is 23.2. The lowest BCUT2D eigenvalue weighted by atomic mass is 10.1. The van der Waals surface area contributed by atoms with Crippen LogP contribution in [0.1, 0.15) is 168 Å². The van der Waals surface area contributed by atoms with Gasteiger partial charge in [-0.1, -0.05) is 163 Å². The van der Waals surface area contributed by atoms with Crippen LogP contribution >= 0.6 is 7.82 Å². The molecule has 0 rings (SSSR count). The number of rotatable bonds is 40. The van der Waals surface area contributed by atoms with Crippen molar-refractivity contribution in [3.05, 3.63) is 85.1 Å². The topological polar surface area (TPSA) is 108 Å². The van der Waals surface area contributed by atoms with E-state index in [1.165, 1.54) is 64.2 Å². The van der Waals surface area contributed by atoms with Crippen LogP contribution in [0.15, 0.2) is 85.1 Å². The van der Waals surface area contributed by atoms with Gasteiger partial charge in [0.1, 0.15) is 13.2 Å². The Morgan fingerprint density at radius 2 is 1.07 bits per heavy atom. The highest BCUT2D eigenvalue weighted by atomic mass is 31.2. The van der Waals surface area contributed by atoms with Crippen molar-refractivity contribution in [2.75, 3.05) is 40.9 Å². The van der Waals surface area contributed by atoms with Crippen LogP contribution in [0.25, 0.3) is 0 Å². The van der Waals surface area contributed by atoms with E-state index in [0.717, 1.165) is 83.5 Å². The number of carbonyl (C=O) groups is 1. The van der Waals surface area contributed by atoms with E-state index in [1.807, 2.05) is 27.2 Å². The maximum atomic E-state index is 12.9. The highest BCUT2D eigenvalue weighted by Crippen LogP contribution is 2.38. The summed E-state index contributed by atoms with van der Waals surface area (Å²) in [6.07, 6.45) is 54.9. The first kappa shape index (κ1) is 55.7. The third kappa shape index (κ3) is 41.8. The van der Waals surface area contributed by atoms with Crippen molar-refractivity contribution in [3.63, 3.8) is 0 Å². The monoisotopic (exact) mass is 831 g/mol. The molecule has 0 saturated carbocycles. The maximum Gasteiger partial charge on any atom is 0.268 e. The summed E-state index contributed by atoms with van der Waals surface area (Å²) in [6, 6.07) is -0.927. The van der Waals surface area contributed by atoms with Crippen molar-refractivity contribution in [1.29, 1.82) is 0 Å². The largest absolute Gasteiger partial charge is 0.756 e. The van der Waals surface area contributed by atoms with Crippen molar-refractivity contribution in [1.82, 2.24) is 5.32 Å². The van der Waals surface area contributed by atoms with Gasteiger partial charge in [0, 0.05) is 6.42 Å². The molecule has 0 bridgehead atoms. The normalized spacial score (nSPS) is 15.1. The number of carbonyl (C=O) groups excluding carboxylic acids is 1. The van der Waals surface area contributed by atoms with Crippen molar-refractivity contribution < 1.29 is 32.9 Å². The van der Waals surface area contributed by atoms with E-state index in [1.54, 1.807) is 6.08 Å². The van der Waals surface area contributed by atoms with Crippen LogP contribution in [-0.2, 0) is 18.4 Å². The molecule has 9 heteroatoms. The second kappa shape index (κ2) is 40.1. The zero-order valence-electron chi connectivity index (χ0n) is 37.7. The zero-order chi connectivity index (χ0) is 42.8. The van der Waals surface area contributed by atoms with Crippen molar-refractivity contribution in [2.24, 2.45) is 0 Å². The van der Waals surface area contributed by atoms with Crippen LogP contribution in [0.4, 0.5) is 0 Å². The first-order chi connectivity index (χ1) is 28.0. The highest BCUT2D eigenvalue weighted by molar-refractivity contribution is 7.45. The first-order valence-corrected chi connectivity index (χ1v) is 24.4. The highest BCUT2D eigenvalue weighted by Gasteiger charge is 2.23. The third-order valence-electron chi connectivity index (χ3n) is 9.57. The number of hydrogen-bond donors (Lipinski definition) is 2. The molecule has 0 spiro atoms. The van der Waals surface area contributed by atoms with Crippen molar-refractivity contribution >= 4 is 13.7 Å². The summed E-state index contributed by atoms with van der Waals surface area (Å²) in [5, 5.41) is 13.7. The Hall–Kier alpha value is -2.32. The van der Waals surface area contributed by atoms with Crippen LogP contribution < -0.4 is 10.2 Å². The molecule has 0 aromatic heterocycles. The fourth-order valence-corrected chi connectivity index (χ4v) is 6.66. The van der Waals surface area contributed by atoms with Gasteiger partial charge >= 0.3 is 0 Å². The molecule has 0 aliphatic heterocycles. The third-order valence-corrected chi connectivity index (χ3v) is 10.5. The lowest BCUT2D eigenvalue weighted by Gasteiger charge is -2.29. The molecule has 1 amide bonds. The van der Waals surface area contributed by atoms with Gasteiger partial charge in [-0.15, -0.1) is 0 Å². The predicted octanol–water partition coefficient (Wildman–Crippen LogP) is 12.3. The lowest BCUT2D eigenvalue weighted by molar-refractivity contribution is -0.870. The average Bonchev–Trinajstić information content (AvgIpc) is 3.17. The summed E-state index contributed by atoms with van der Waals surface area (Å²) >= 11 is 0. The second-order valence-electron chi connectivity index (χ2n) is 16.4. The van der Waals surface area contributed by atoms with Gasteiger partial charge in [-0.05, 0) is 83.5 Å². The summed E-state index contributed by atoms with van der Waals surface area (Å²) in [6.45, 7) is 4.46. The van der Waals surface area contributed by atoms with Gasteiger partial charge in [0.2, 0.25) is 5.91 Å². The molecular weight excluding hydrogens is 744 g/mol. The fourth-order valence-electron chi connectivity index (χ4n) is 5.94.